The van der Waals surface area contributed by atoms with Gasteiger partial charge in [-0.25, -0.2) is 4.79 Å². The number of ether oxygens (including phenoxy) is 1. The summed E-state index contributed by atoms with van der Waals surface area (Å²) >= 11 is 0. The molecule has 4 nitrogen and oxygen atoms in total. The van der Waals surface area contributed by atoms with E-state index in [4.69, 9.17) is 9.84 Å². The van der Waals surface area contributed by atoms with Gasteiger partial charge in [0.15, 0.2) is 0 Å². The molecule has 2 rings (SSSR count). The fourth-order valence-corrected chi connectivity index (χ4v) is 1.84. The second kappa shape index (κ2) is 7.14. The first-order chi connectivity index (χ1) is 10.2. The van der Waals surface area contributed by atoms with Crippen LogP contribution < -0.4 is 10.1 Å². The van der Waals surface area contributed by atoms with Crippen LogP contribution in [-0.2, 0) is 0 Å². The Hall–Kier alpha value is -2.75. The molecule has 0 atom stereocenters. The highest BCUT2D eigenvalue weighted by molar-refractivity contribution is 5.83. The maximum Gasteiger partial charge on any atom is 0.409 e. The van der Waals surface area contributed by atoms with Crippen LogP contribution in [0.25, 0.3) is 12.2 Å². The van der Waals surface area contributed by atoms with E-state index in [1.54, 1.807) is 12.1 Å². The third-order valence-corrected chi connectivity index (χ3v) is 2.82. The van der Waals surface area contributed by atoms with Gasteiger partial charge in [0.25, 0.3) is 0 Å². The molecule has 0 bridgehead atoms. The average Bonchev–Trinajstić information content (AvgIpc) is 2.48. The molecule has 0 saturated heterocycles. The molecule has 0 fully saturated rings. The quantitative estimate of drug-likeness (QED) is 0.802. The fraction of sp³-hybridized carbons (Fsp3) is 0.118. The lowest BCUT2D eigenvalue weighted by Gasteiger charge is -2.02. The van der Waals surface area contributed by atoms with E-state index in [2.05, 4.69) is 5.32 Å². The number of rotatable bonds is 5. The Balaban J connectivity index is 2.01. The van der Waals surface area contributed by atoms with Crippen LogP contribution in [0.5, 0.6) is 5.75 Å². The second-order valence-electron chi connectivity index (χ2n) is 4.39. The average molecular weight is 283 g/mol. The highest BCUT2D eigenvalue weighted by Crippen LogP contribution is 2.15. The number of hydrogen-bond donors (Lipinski definition) is 2. The van der Waals surface area contributed by atoms with E-state index in [0.29, 0.717) is 12.3 Å². The minimum absolute atomic E-state index is 0.556. The molecule has 0 aliphatic heterocycles. The van der Waals surface area contributed by atoms with E-state index in [1.165, 1.54) is 0 Å². The van der Waals surface area contributed by atoms with Gasteiger partial charge in [-0.05, 0) is 42.3 Å². The molecule has 2 aromatic rings. The van der Waals surface area contributed by atoms with Crippen molar-refractivity contribution in [3.8, 4) is 5.75 Å². The van der Waals surface area contributed by atoms with Crippen molar-refractivity contribution in [2.45, 2.75) is 6.92 Å². The molecule has 0 heterocycles. The van der Waals surface area contributed by atoms with E-state index >= 15 is 0 Å². The zero-order valence-electron chi connectivity index (χ0n) is 11.7. The van der Waals surface area contributed by atoms with E-state index in [-0.39, 0.29) is 0 Å². The first kappa shape index (κ1) is 14.7. The Bertz CT molecular complexity index is 615. The van der Waals surface area contributed by atoms with Gasteiger partial charge >= 0.3 is 6.09 Å². The normalized spacial score (nSPS) is 10.5. The van der Waals surface area contributed by atoms with E-state index in [0.717, 1.165) is 16.9 Å². The highest BCUT2D eigenvalue weighted by Gasteiger charge is 1.96. The number of carbonyl (C=O) groups is 1. The van der Waals surface area contributed by atoms with Crippen LogP contribution in [0.15, 0.2) is 48.5 Å². The van der Waals surface area contributed by atoms with Crippen molar-refractivity contribution in [3.63, 3.8) is 0 Å². The first-order valence-electron chi connectivity index (χ1n) is 6.68. The Morgan fingerprint density at radius 1 is 1.05 bits per heavy atom. The van der Waals surface area contributed by atoms with Crippen LogP contribution in [0.2, 0.25) is 0 Å². The van der Waals surface area contributed by atoms with Gasteiger partial charge in [-0.3, -0.25) is 5.32 Å². The first-order valence-corrected chi connectivity index (χ1v) is 6.68. The maximum absolute atomic E-state index is 10.5. The van der Waals surface area contributed by atoms with Crippen molar-refractivity contribution in [2.75, 3.05) is 11.9 Å². The molecule has 0 unspecified atom stereocenters. The van der Waals surface area contributed by atoms with Crippen LogP contribution >= 0.6 is 0 Å². The Morgan fingerprint density at radius 3 is 2.05 bits per heavy atom. The SMILES string of the molecule is CCOc1ccc(C=Cc2ccc(NC(=O)O)cc2)cc1. The van der Waals surface area contributed by atoms with Gasteiger partial charge in [0.1, 0.15) is 5.75 Å². The zero-order valence-corrected chi connectivity index (χ0v) is 11.7. The van der Waals surface area contributed by atoms with Crippen LogP contribution in [0.4, 0.5) is 10.5 Å². The van der Waals surface area contributed by atoms with Gasteiger partial charge in [0, 0.05) is 5.69 Å². The van der Waals surface area contributed by atoms with Gasteiger partial charge in [0.05, 0.1) is 6.61 Å². The molecule has 2 aromatic carbocycles. The molecular formula is C17H17NO3. The minimum Gasteiger partial charge on any atom is -0.494 e. The molecule has 21 heavy (non-hydrogen) atoms. The zero-order chi connectivity index (χ0) is 15.1. The molecule has 0 spiro atoms. The second-order valence-corrected chi connectivity index (χ2v) is 4.39. The van der Waals surface area contributed by atoms with Crippen molar-refractivity contribution in [1.82, 2.24) is 0 Å². The summed E-state index contributed by atoms with van der Waals surface area (Å²) in [6.07, 6.45) is 2.91. The topological polar surface area (TPSA) is 58.6 Å². The molecule has 0 saturated carbocycles. The maximum atomic E-state index is 10.5. The van der Waals surface area contributed by atoms with Crippen molar-refractivity contribution in [1.29, 1.82) is 0 Å². The number of carboxylic acid groups (broad SMARTS) is 1. The van der Waals surface area contributed by atoms with Gasteiger partial charge in [-0.15, -0.1) is 0 Å². The van der Waals surface area contributed by atoms with Crippen LogP contribution in [-0.4, -0.2) is 17.8 Å². The summed E-state index contributed by atoms with van der Waals surface area (Å²) < 4.78 is 5.39. The standard InChI is InChI=1S/C17H17NO3/c1-2-21-16-11-7-14(8-12-16)4-3-13-5-9-15(10-6-13)18-17(19)20/h3-12,18H,2H2,1H3,(H,19,20). The summed E-state index contributed by atoms with van der Waals surface area (Å²) in [7, 11) is 0. The minimum atomic E-state index is -1.06. The van der Waals surface area contributed by atoms with Crippen molar-refractivity contribution in [2.24, 2.45) is 0 Å². The number of nitrogens with one attached hydrogen (secondary N) is 1. The molecule has 1 amide bonds. The largest absolute Gasteiger partial charge is 0.494 e. The smallest absolute Gasteiger partial charge is 0.409 e. The monoisotopic (exact) mass is 283 g/mol. The Morgan fingerprint density at radius 2 is 1.57 bits per heavy atom. The molecule has 0 aliphatic carbocycles. The van der Waals surface area contributed by atoms with Crippen molar-refractivity contribution >= 4 is 23.9 Å². The Labute approximate surface area is 123 Å². The number of hydrogen-bond acceptors (Lipinski definition) is 2. The van der Waals surface area contributed by atoms with E-state index in [9.17, 15) is 4.79 Å². The van der Waals surface area contributed by atoms with Gasteiger partial charge in [-0.1, -0.05) is 36.4 Å². The van der Waals surface area contributed by atoms with Crippen molar-refractivity contribution < 1.29 is 14.6 Å². The Kier molecular flexibility index (Phi) is 4.99. The van der Waals surface area contributed by atoms with E-state index < -0.39 is 6.09 Å². The fourth-order valence-electron chi connectivity index (χ4n) is 1.84. The lowest BCUT2D eigenvalue weighted by atomic mass is 10.1. The van der Waals surface area contributed by atoms with Crippen LogP contribution in [0.1, 0.15) is 18.1 Å². The van der Waals surface area contributed by atoms with Crippen LogP contribution in [0.3, 0.4) is 0 Å². The third kappa shape index (κ3) is 4.69. The summed E-state index contributed by atoms with van der Waals surface area (Å²) in [5, 5.41) is 10.9. The summed E-state index contributed by atoms with van der Waals surface area (Å²) in [5.74, 6) is 0.860. The summed E-state index contributed by atoms with van der Waals surface area (Å²) in [6.45, 7) is 2.61. The molecule has 0 aromatic heterocycles. The number of amides is 1. The van der Waals surface area contributed by atoms with Gasteiger partial charge < -0.3 is 9.84 Å². The van der Waals surface area contributed by atoms with Crippen LogP contribution in [0, 0.1) is 0 Å². The lowest BCUT2D eigenvalue weighted by Crippen LogP contribution is -2.06. The molecular weight excluding hydrogens is 266 g/mol. The third-order valence-electron chi connectivity index (χ3n) is 2.82. The van der Waals surface area contributed by atoms with Crippen molar-refractivity contribution in [3.05, 3.63) is 59.7 Å². The predicted octanol–water partition coefficient (Wildman–Crippen LogP) is 4.35. The molecule has 108 valence electrons. The molecule has 0 radical (unpaired) electrons. The van der Waals surface area contributed by atoms with Gasteiger partial charge in [-0.2, -0.15) is 0 Å². The lowest BCUT2D eigenvalue weighted by molar-refractivity contribution is 0.210. The molecule has 0 aliphatic rings. The highest BCUT2D eigenvalue weighted by atomic mass is 16.5. The summed E-state index contributed by atoms with van der Waals surface area (Å²) in [4.78, 5) is 10.5. The number of benzene rings is 2. The number of anilines is 1. The van der Waals surface area contributed by atoms with E-state index in [1.807, 2.05) is 55.5 Å². The molecule has 4 heteroatoms. The predicted molar refractivity (Wildman–Crippen MR) is 84.6 cm³/mol. The summed E-state index contributed by atoms with van der Waals surface area (Å²) in [5.41, 5.74) is 2.63. The molecule has 2 N–H and O–H groups in total. The summed E-state index contributed by atoms with van der Waals surface area (Å²) in [6, 6.07) is 15.0. The van der Waals surface area contributed by atoms with Gasteiger partial charge in [0.2, 0.25) is 0 Å².